The Morgan fingerprint density at radius 3 is 2.48 bits per heavy atom. The number of anilines is 3. The van der Waals surface area contributed by atoms with E-state index >= 15 is 0 Å². The van der Waals surface area contributed by atoms with Crippen molar-refractivity contribution in [2.45, 2.75) is 62.9 Å². The zero-order chi connectivity index (χ0) is 29.2. The SMILES string of the molecule is CN1CCN(C2CCCN(c3cnc(C(N)=O)c(Nc4ccc(C5CCN(C6CCC(C#N)C6)CC5)cc4)n3)C2)C1=O. The lowest BCUT2D eigenvalue weighted by Crippen LogP contribution is -2.49. The van der Waals surface area contributed by atoms with Crippen molar-refractivity contribution in [1.29, 1.82) is 5.26 Å². The third kappa shape index (κ3) is 5.86. The molecule has 1 aromatic heterocycles. The number of aromatic nitrogens is 2. The van der Waals surface area contributed by atoms with Gasteiger partial charge in [0, 0.05) is 50.9 Å². The predicted molar refractivity (Wildman–Crippen MR) is 161 cm³/mol. The van der Waals surface area contributed by atoms with Gasteiger partial charge in [0.25, 0.3) is 5.91 Å². The van der Waals surface area contributed by atoms with Crippen molar-refractivity contribution < 1.29 is 9.59 Å². The summed E-state index contributed by atoms with van der Waals surface area (Å²) in [5.74, 6) is 1.12. The third-order valence-corrected chi connectivity index (χ3v) is 9.68. The first-order chi connectivity index (χ1) is 20.4. The number of primary amides is 1. The molecule has 11 heteroatoms. The van der Waals surface area contributed by atoms with Gasteiger partial charge in [-0.2, -0.15) is 5.26 Å². The number of piperidine rings is 2. The second kappa shape index (κ2) is 12.1. The van der Waals surface area contributed by atoms with Crippen LogP contribution in [0.4, 0.5) is 22.1 Å². The number of rotatable bonds is 7. The second-order valence-corrected chi connectivity index (χ2v) is 12.3. The molecular formula is C31H41N9O2. The highest BCUT2D eigenvalue weighted by atomic mass is 16.2. The van der Waals surface area contributed by atoms with Crippen LogP contribution in [-0.4, -0.2) is 95.0 Å². The first kappa shape index (κ1) is 28.2. The minimum Gasteiger partial charge on any atom is -0.364 e. The van der Waals surface area contributed by atoms with Crippen molar-refractivity contribution in [1.82, 2.24) is 24.7 Å². The van der Waals surface area contributed by atoms with E-state index in [1.54, 1.807) is 11.1 Å². The van der Waals surface area contributed by atoms with Crippen LogP contribution in [0.2, 0.25) is 0 Å². The van der Waals surface area contributed by atoms with E-state index in [-0.39, 0.29) is 23.7 Å². The largest absolute Gasteiger partial charge is 0.364 e. The molecule has 3 atom stereocenters. The zero-order valence-corrected chi connectivity index (χ0v) is 24.4. The summed E-state index contributed by atoms with van der Waals surface area (Å²) in [6.45, 7) is 5.14. The Balaban J connectivity index is 1.10. The topological polar surface area (TPSA) is 135 Å². The standard InChI is InChI=1S/C31H41N9O2/c1-37-15-16-40(31(37)42)26-3-2-12-39(20-26)27-19-34-28(29(33)41)30(36-27)35-24-7-5-22(6-8-24)23-10-13-38(14-11-23)25-9-4-21(17-25)18-32/h5-8,19,21,23,25-26H,2-4,9-17,20H2,1H3,(H2,33,41)(H,35,36). The fourth-order valence-electron chi connectivity index (χ4n) is 7.20. The maximum Gasteiger partial charge on any atom is 0.320 e. The Morgan fingerprint density at radius 1 is 1.02 bits per heavy atom. The quantitative estimate of drug-likeness (QED) is 0.516. The number of benzene rings is 1. The molecule has 42 heavy (non-hydrogen) atoms. The lowest BCUT2D eigenvalue weighted by molar-refractivity contribution is 0.0996. The van der Waals surface area contributed by atoms with Gasteiger partial charge in [0.1, 0.15) is 5.82 Å². The molecule has 222 valence electrons. The molecule has 0 radical (unpaired) electrons. The summed E-state index contributed by atoms with van der Waals surface area (Å²) in [7, 11) is 1.84. The fraction of sp³-hybridized carbons (Fsp3) is 0.581. The third-order valence-electron chi connectivity index (χ3n) is 9.68. The van der Waals surface area contributed by atoms with Gasteiger partial charge in [-0.3, -0.25) is 4.79 Å². The van der Waals surface area contributed by atoms with Gasteiger partial charge in [0.05, 0.1) is 18.3 Å². The van der Waals surface area contributed by atoms with E-state index in [9.17, 15) is 14.9 Å². The minimum atomic E-state index is -0.634. The van der Waals surface area contributed by atoms with E-state index in [2.05, 4.69) is 38.3 Å². The number of likely N-dealkylation sites (tertiary alicyclic amines) is 1. The minimum absolute atomic E-state index is 0.0796. The van der Waals surface area contributed by atoms with Crippen LogP contribution < -0.4 is 16.0 Å². The number of nitrogens with one attached hydrogen (secondary N) is 1. The highest BCUT2D eigenvalue weighted by Crippen LogP contribution is 2.35. The Morgan fingerprint density at radius 2 is 1.81 bits per heavy atom. The van der Waals surface area contributed by atoms with Gasteiger partial charge in [-0.15, -0.1) is 0 Å². The molecule has 2 aromatic rings. The van der Waals surface area contributed by atoms with Crippen LogP contribution in [0.25, 0.3) is 0 Å². The lowest BCUT2D eigenvalue weighted by Gasteiger charge is -2.37. The monoisotopic (exact) mass is 571 g/mol. The number of carbonyl (C=O) groups is 2. The summed E-state index contributed by atoms with van der Waals surface area (Å²) in [5.41, 5.74) is 7.90. The highest BCUT2D eigenvalue weighted by Gasteiger charge is 2.35. The van der Waals surface area contributed by atoms with Crippen LogP contribution in [0.15, 0.2) is 30.5 Å². The molecule has 3 unspecified atom stereocenters. The van der Waals surface area contributed by atoms with E-state index in [0.717, 1.165) is 83.4 Å². The van der Waals surface area contributed by atoms with E-state index in [4.69, 9.17) is 10.7 Å². The van der Waals surface area contributed by atoms with Gasteiger partial charge in [0.2, 0.25) is 0 Å². The summed E-state index contributed by atoms with van der Waals surface area (Å²) < 4.78 is 0. The molecule has 0 bridgehead atoms. The Bertz CT molecular complexity index is 1330. The first-order valence-electron chi connectivity index (χ1n) is 15.3. The molecule has 3 saturated heterocycles. The van der Waals surface area contributed by atoms with Crippen LogP contribution in [0, 0.1) is 17.2 Å². The van der Waals surface area contributed by atoms with Crippen LogP contribution in [0.3, 0.4) is 0 Å². The molecule has 4 fully saturated rings. The maximum absolute atomic E-state index is 12.6. The van der Waals surface area contributed by atoms with Gasteiger partial charge in [-0.05, 0) is 81.6 Å². The molecule has 3 aliphatic heterocycles. The van der Waals surface area contributed by atoms with Crippen molar-refractivity contribution in [2.24, 2.45) is 11.7 Å². The number of urea groups is 1. The summed E-state index contributed by atoms with van der Waals surface area (Å²) in [6, 6.07) is 11.6. The van der Waals surface area contributed by atoms with Crippen molar-refractivity contribution in [3.63, 3.8) is 0 Å². The normalized spacial score (nSPS) is 25.6. The smallest absolute Gasteiger partial charge is 0.320 e. The Kier molecular flexibility index (Phi) is 8.16. The van der Waals surface area contributed by atoms with Crippen LogP contribution in [0.1, 0.15) is 66.9 Å². The average molecular weight is 572 g/mol. The molecule has 4 aliphatic rings. The van der Waals surface area contributed by atoms with Crippen LogP contribution >= 0.6 is 0 Å². The number of carbonyl (C=O) groups excluding carboxylic acids is 2. The van der Waals surface area contributed by atoms with Crippen molar-refractivity contribution >= 4 is 29.3 Å². The van der Waals surface area contributed by atoms with Crippen molar-refractivity contribution in [3.05, 3.63) is 41.7 Å². The lowest BCUT2D eigenvalue weighted by atomic mass is 9.88. The maximum atomic E-state index is 12.6. The molecule has 1 aromatic carbocycles. The molecule has 0 spiro atoms. The number of hydrogen-bond donors (Lipinski definition) is 2. The van der Waals surface area contributed by atoms with Crippen LogP contribution in [0.5, 0.6) is 0 Å². The van der Waals surface area contributed by atoms with Gasteiger partial charge in [0.15, 0.2) is 11.5 Å². The zero-order valence-electron chi connectivity index (χ0n) is 24.4. The van der Waals surface area contributed by atoms with E-state index < -0.39 is 5.91 Å². The van der Waals surface area contributed by atoms with Gasteiger partial charge >= 0.3 is 6.03 Å². The number of nitrogens with two attached hydrogens (primary N) is 1. The van der Waals surface area contributed by atoms with Crippen molar-refractivity contribution in [2.75, 3.05) is 56.5 Å². The molecule has 11 nitrogen and oxygen atoms in total. The van der Waals surface area contributed by atoms with E-state index in [1.807, 2.05) is 24.1 Å². The molecular weight excluding hydrogens is 530 g/mol. The van der Waals surface area contributed by atoms with Gasteiger partial charge in [-0.25, -0.2) is 14.8 Å². The molecule has 1 aliphatic carbocycles. The fourth-order valence-corrected chi connectivity index (χ4v) is 7.20. The molecule has 1 saturated carbocycles. The van der Waals surface area contributed by atoms with Gasteiger partial charge < -0.3 is 30.7 Å². The molecule has 4 heterocycles. The number of amides is 3. The Labute approximate surface area is 247 Å². The summed E-state index contributed by atoms with van der Waals surface area (Å²) >= 11 is 0. The average Bonchev–Trinajstić information content (AvgIpc) is 3.64. The number of likely N-dealkylation sites (N-methyl/N-ethyl adjacent to an activating group) is 1. The van der Waals surface area contributed by atoms with Gasteiger partial charge in [-0.1, -0.05) is 12.1 Å². The van der Waals surface area contributed by atoms with Crippen LogP contribution in [-0.2, 0) is 0 Å². The molecule has 6 rings (SSSR count). The Hall–Kier alpha value is -3.91. The molecule has 3 N–H and O–H groups in total. The number of nitrogens with zero attached hydrogens (tertiary/aromatic N) is 7. The van der Waals surface area contributed by atoms with Crippen molar-refractivity contribution in [3.8, 4) is 6.07 Å². The number of hydrogen-bond acceptors (Lipinski definition) is 8. The first-order valence-corrected chi connectivity index (χ1v) is 15.3. The summed E-state index contributed by atoms with van der Waals surface area (Å²) in [5, 5.41) is 12.5. The number of nitriles is 1. The predicted octanol–water partition coefficient (Wildman–Crippen LogP) is 3.53. The summed E-state index contributed by atoms with van der Waals surface area (Å²) in [4.78, 5) is 42.4. The second-order valence-electron chi connectivity index (χ2n) is 12.3. The summed E-state index contributed by atoms with van der Waals surface area (Å²) in [6.07, 6.45) is 8.96. The highest BCUT2D eigenvalue weighted by molar-refractivity contribution is 5.96. The molecule has 3 amide bonds. The van der Waals surface area contributed by atoms with E-state index in [1.165, 1.54) is 5.56 Å². The van der Waals surface area contributed by atoms with E-state index in [0.29, 0.717) is 30.1 Å².